The lowest BCUT2D eigenvalue weighted by molar-refractivity contribution is -0.114. The van der Waals surface area contributed by atoms with Gasteiger partial charge in [-0.25, -0.2) is 8.42 Å². The summed E-state index contributed by atoms with van der Waals surface area (Å²) in [6.45, 7) is 7.19. The molecule has 0 unspecified atom stereocenters. The van der Waals surface area contributed by atoms with Gasteiger partial charge >= 0.3 is 0 Å². The second kappa shape index (κ2) is 9.97. The average Bonchev–Trinajstić information content (AvgIpc) is 3.28. The summed E-state index contributed by atoms with van der Waals surface area (Å²) in [7, 11) is -4.00. The number of aromatic nitrogens is 2. The molecular formula is C26H26N4O3S2. The molecule has 9 heteroatoms. The SMILES string of the molecule is Cc1ccc(-c2nnc(NC(=O)CN(c3cc(C)ccc3C)S(=O)(=O)c3ccc(C)cc3)s2)cc1. The standard InChI is InChI=1S/C26H26N4O3S2/c1-17-6-11-21(12-7-17)25-28-29-26(34-25)27-24(31)16-30(23-15-19(3)5-10-20(23)4)35(32,33)22-13-8-18(2)9-14-22/h5-15H,16H2,1-4H3,(H,27,29,31). The molecule has 180 valence electrons. The Morgan fingerprint density at radius 2 is 1.46 bits per heavy atom. The van der Waals surface area contributed by atoms with Crippen LogP contribution < -0.4 is 9.62 Å². The van der Waals surface area contributed by atoms with Gasteiger partial charge in [0.2, 0.25) is 11.0 Å². The number of hydrogen-bond donors (Lipinski definition) is 1. The summed E-state index contributed by atoms with van der Waals surface area (Å²) in [5, 5.41) is 11.9. The topological polar surface area (TPSA) is 92.3 Å². The normalized spacial score (nSPS) is 11.3. The third-order valence-corrected chi connectivity index (χ3v) is 8.16. The number of amides is 1. The van der Waals surface area contributed by atoms with Gasteiger partial charge in [-0.05, 0) is 57.0 Å². The van der Waals surface area contributed by atoms with Gasteiger partial charge in [0, 0.05) is 5.56 Å². The van der Waals surface area contributed by atoms with Crippen LogP contribution in [-0.2, 0) is 14.8 Å². The van der Waals surface area contributed by atoms with Crippen LogP contribution in [0.5, 0.6) is 0 Å². The van der Waals surface area contributed by atoms with E-state index in [1.165, 1.54) is 11.3 Å². The maximum atomic E-state index is 13.6. The summed E-state index contributed by atoms with van der Waals surface area (Å²) >= 11 is 1.23. The molecule has 0 spiro atoms. The van der Waals surface area contributed by atoms with Crippen LogP contribution in [0.3, 0.4) is 0 Å². The smallest absolute Gasteiger partial charge is 0.264 e. The Morgan fingerprint density at radius 3 is 2.11 bits per heavy atom. The summed E-state index contributed by atoms with van der Waals surface area (Å²) in [5.74, 6) is -0.506. The van der Waals surface area contributed by atoms with E-state index < -0.39 is 22.5 Å². The van der Waals surface area contributed by atoms with Crippen molar-refractivity contribution in [2.24, 2.45) is 0 Å². The molecule has 4 aromatic rings. The van der Waals surface area contributed by atoms with Gasteiger partial charge in [0.05, 0.1) is 10.6 Å². The van der Waals surface area contributed by atoms with Crippen molar-refractivity contribution in [3.05, 3.63) is 89.0 Å². The Labute approximate surface area is 209 Å². The molecule has 1 amide bonds. The number of benzene rings is 3. The predicted octanol–water partition coefficient (Wildman–Crippen LogP) is 5.27. The van der Waals surface area contributed by atoms with Gasteiger partial charge in [0.15, 0.2) is 0 Å². The van der Waals surface area contributed by atoms with Crippen molar-refractivity contribution in [1.29, 1.82) is 0 Å². The Bertz CT molecular complexity index is 1460. The van der Waals surface area contributed by atoms with Gasteiger partial charge in [-0.2, -0.15) is 0 Å². The molecule has 0 saturated carbocycles. The lowest BCUT2D eigenvalue weighted by Gasteiger charge is -2.26. The molecule has 1 aromatic heterocycles. The van der Waals surface area contributed by atoms with Crippen LogP contribution in [0.1, 0.15) is 22.3 Å². The van der Waals surface area contributed by atoms with E-state index in [4.69, 9.17) is 0 Å². The van der Waals surface area contributed by atoms with Gasteiger partial charge in [-0.3, -0.25) is 14.4 Å². The van der Waals surface area contributed by atoms with E-state index in [1.807, 2.05) is 64.1 Å². The third-order valence-electron chi connectivity index (χ3n) is 5.50. The zero-order valence-corrected chi connectivity index (χ0v) is 21.6. The van der Waals surface area contributed by atoms with Gasteiger partial charge in [0.25, 0.3) is 10.0 Å². The van der Waals surface area contributed by atoms with E-state index in [1.54, 1.807) is 30.3 Å². The number of carbonyl (C=O) groups excluding carboxylic acids is 1. The Morgan fingerprint density at radius 1 is 0.857 bits per heavy atom. The van der Waals surface area contributed by atoms with Crippen molar-refractivity contribution >= 4 is 38.1 Å². The first-order valence-electron chi connectivity index (χ1n) is 11.0. The lowest BCUT2D eigenvalue weighted by Crippen LogP contribution is -2.38. The predicted molar refractivity (Wildman–Crippen MR) is 140 cm³/mol. The van der Waals surface area contributed by atoms with Crippen LogP contribution in [0, 0.1) is 27.7 Å². The van der Waals surface area contributed by atoms with Crippen molar-refractivity contribution in [3.63, 3.8) is 0 Å². The number of carbonyl (C=O) groups is 1. The van der Waals surface area contributed by atoms with Gasteiger partial charge < -0.3 is 0 Å². The Hall–Kier alpha value is -3.56. The van der Waals surface area contributed by atoms with Crippen molar-refractivity contribution in [2.75, 3.05) is 16.2 Å². The summed E-state index contributed by atoms with van der Waals surface area (Å²) in [4.78, 5) is 13.2. The van der Waals surface area contributed by atoms with E-state index in [0.717, 1.165) is 32.1 Å². The Kier molecular flexibility index (Phi) is 7.00. The zero-order valence-electron chi connectivity index (χ0n) is 19.9. The van der Waals surface area contributed by atoms with Crippen molar-refractivity contribution in [3.8, 4) is 10.6 Å². The second-order valence-electron chi connectivity index (χ2n) is 8.44. The number of aryl methyl sites for hydroxylation is 4. The van der Waals surface area contributed by atoms with Crippen LogP contribution in [-0.4, -0.2) is 31.1 Å². The summed E-state index contributed by atoms with van der Waals surface area (Å²) in [6, 6.07) is 20.0. The maximum absolute atomic E-state index is 13.6. The molecule has 0 radical (unpaired) electrons. The lowest BCUT2D eigenvalue weighted by atomic mass is 10.1. The minimum Gasteiger partial charge on any atom is -0.299 e. The van der Waals surface area contributed by atoms with Crippen molar-refractivity contribution < 1.29 is 13.2 Å². The number of nitrogens with zero attached hydrogens (tertiary/aromatic N) is 3. The van der Waals surface area contributed by atoms with Crippen LogP contribution in [0.25, 0.3) is 10.6 Å². The maximum Gasteiger partial charge on any atom is 0.264 e. The molecular weight excluding hydrogens is 480 g/mol. The Balaban J connectivity index is 1.62. The molecule has 1 heterocycles. The highest BCUT2D eigenvalue weighted by Crippen LogP contribution is 2.29. The first-order valence-corrected chi connectivity index (χ1v) is 13.3. The summed E-state index contributed by atoms with van der Waals surface area (Å²) < 4.78 is 28.4. The quantitative estimate of drug-likeness (QED) is 0.369. The number of nitrogens with one attached hydrogen (secondary N) is 1. The highest BCUT2D eigenvalue weighted by atomic mass is 32.2. The second-order valence-corrected chi connectivity index (χ2v) is 11.3. The molecule has 0 aliphatic rings. The first kappa shape index (κ1) is 24.6. The minimum absolute atomic E-state index is 0.120. The van der Waals surface area contributed by atoms with Crippen molar-refractivity contribution in [2.45, 2.75) is 32.6 Å². The van der Waals surface area contributed by atoms with Crippen LogP contribution >= 0.6 is 11.3 Å². The minimum atomic E-state index is -4.00. The van der Waals surface area contributed by atoms with Gasteiger partial charge in [0.1, 0.15) is 11.6 Å². The number of rotatable bonds is 7. The highest BCUT2D eigenvalue weighted by Gasteiger charge is 2.28. The van der Waals surface area contributed by atoms with Crippen LogP contribution in [0.2, 0.25) is 0 Å². The van der Waals surface area contributed by atoms with Crippen molar-refractivity contribution in [1.82, 2.24) is 10.2 Å². The zero-order chi connectivity index (χ0) is 25.2. The third kappa shape index (κ3) is 5.58. The van der Waals surface area contributed by atoms with E-state index >= 15 is 0 Å². The fraction of sp³-hybridized carbons (Fsp3) is 0.192. The van der Waals surface area contributed by atoms with Gasteiger partial charge in [-0.1, -0.05) is 71.0 Å². The molecule has 0 atom stereocenters. The fourth-order valence-corrected chi connectivity index (χ4v) is 5.74. The highest BCUT2D eigenvalue weighted by molar-refractivity contribution is 7.92. The van der Waals surface area contributed by atoms with Crippen LogP contribution in [0.15, 0.2) is 71.6 Å². The number of sulfonamides is 1. The van der Waals surface area contributed by atoms with E-state index in [2.05, 4.69) is 15.5 Å². The van der Waals surface area contributed by atoms with Crippen LogP contribution in [0.4, 0.5) is 10.8 Å². The molecule has 0 aliphatic heterocycles. The van der Waals surface area contributed by atoms with E-state index in [9.17, 15) is 13.2 Å². The monoisotopic (exact) mass is 506 g/mol. The average molecular weight is 507 g/mol. The van der Waals surface area contributed by atoms with Gasteiger partial charge in [-0.15, -0.1) is 10.2 Å². The first-order chi connectivity index (χ1) is 16.6. The molecule has 7 nitrogen and oxygen atoms in total. The molecule has 3 aromatic carbocycles. The fourth-order valence-electron chi connectivity index (χ4n) is 3.50. The molecule has 0 saturated heterocycles. The molecule has 1 N–H and O–H groups in total. The van der Waals surface area contributed by atoms with E-state index in [0.29, 0.717) is 15.8 Å². The number of hydrogen-bond acceptors (Lipinski definition) is 6. The molecule has 4 rings (SSSR count). The summed E-state index contributed by atoms with van der Waals surface area (Å²) in [5.41, 5.74) is 5.07. The largest absolute Gasteiger partial charge is 0.299 e. The molecule has 35 heavy (non-hydrogen) atoms. The molecule has 0 fully saturated rings. The molecule has 0 aliphatic carbocycles. The number of anilines is 2. The molecule has 0 bridgehead atoms. The van der Waals surface area contributed by atoms with E-state index in [-0.39, 0.29) is 4.90 Å². The summed E-state index contributed by atoms with van der Waals surface area (Å²) in [6.07, 6.45) is 0.